The molecule has 2 aliphatic carbocycles. The lowest BCUT2D eigenvalue weighted by atomic mass is 9.63. The van der Waals surface area contributed by atoms with Gasteiger partial charge in [-0.05, 0) is 30.4 Å². The van der Waals surface area contributed by atoms with Crippen LogP contribution in [0.4, 0.5) is 5.69 Å². The number of nitriles is 2. The van der Waals surface area contributed by atoms with Crippen molar-refractivity contribution in [3.63, 3.8) is 0 Å². The highest BCUT2D eigenvalue weighted by atomic mass is 35.5. The van der Waals surface area contributed by atoms with Crippen LogP contribution in [0.15, 0.2) is 18.2 Å². The Bertz CT molecular complexity index is 1160. The van der Waals surface area contributed by atoms with Crippen molar-refractivity contribution in [1.29, 1.82) is 10.5 Å². The minimum atomic E-state index is -1.00. The molecule has 2 aliphatic rings. The van der Waals surface area contributed by atoms with Gasteiger partial charge in [-0.3, -0.25) is 4.79 Å². The molecule has 1 heterocycles. The molecule has 2 atom stereocenters. The van der Waals surface area contributed by atoms with Gasteiger partial charge in [0.1, 0.15) is 12.1 Å². The maximum atomic E-state index is 13.7. The summed E-state index contributed by atoms with van der Waals surface area (Å²) < 4.78 is 0. The molecule has 4 rings (SSSR count). The maximum absolute atomic E-state index is 13.7. The van der Waals surface area contributed by atoms with Crippen LogP contribution in [0, 0.1) is 28.1 Å². The summed E-state index contributed by atoms with van der Waals surface area (Å²) in [7, 11) is 0. The third-order valence-electron chi connectivity index (χ3n) is 7.07. The monoisotopic (exact) mass is 425 g/mol. The third-order valence-corrected chi connectivity index (χ3v) is 7.89. The molecule has 2 aromatic rings. The largest absolute Gasteiger partial charge is 0.324 e. The fourth-order valence-electron chi connectivity index (χ4n) is 4.97. The molecule has 0 aliphatic heterocycles. The van der Waals surface area contributed by atoms with E-state index in [1.54, 1.807) is 18.2 Å². The van der Waals surface area contributed by atoms with Crippen molar-refractivity contribution < 1.29 is 4.79 Å². The maximum Gasteiger partial charge on any atom is 0.237 e. The summed E-state index contributed by atoms with van der Waals surface area (Å²) >= 11 is 12.4. The zero-order valence-corrected chi connectivity index (χ0v) is 17.6. The van der Waals surface area contributed by atoms with Gasteiger partial charge in [-0.2, -0.15) is 10.5 Å². The fourth-order valence-corrected chi connectivity index (χ4v) is 5.32. The number of nitrogens with zero attached hydrogens (tertiary/aromatic N) is 4. The molecular formula is C21H17Cl2N5O. The summed E-state index contributed by atoms with van der Waals surface area (Å²) in [5.41, 5.74) is -0.564. The van der Waals surface area contributed by atoms with E-state index in [0.717, 1.165) is 6.42 Å². The Balaban J connectivity index is 1.92. The second kappa shape index (κ2) is 6.16. The van der Waals surface area contributed by atoms with Crippen LogP contribution in [0.3, 0.4) is 0 Å². The first kappa shape index (κ1) is 19.6. The Labute approximate surface area is 178 Å². The number of halogens is 2. The van der Waals surface area contributed by atoms with E-state index in [1.807, 2.05) is 32.9 Å². The molecule has 146 valence electrons. The molecule has 6 nitrogen and oxygen atoms in total. The number of amides is 1. The highest BCUT2D eigenvalue weighted by molar-refractivity contribution is 6.44. The zero-order chi connectivity index (χ0) is 21.2. The second-order valence-corrected chi connectivity index (χ2v) is 9.04. The number of hydrogen-bond donors (Lipinski definition) is 1. The number of benzene rings is 1. The number of hydrogen-bond acceptors (Lipinski definition) is 5. The highest BCUT2D eigenvalue weighted by Gasteiger charge is 2.73. The van der Waals surface area contributed by atoms with Crippen LogP contribution in [-0.2, 0) is 15.6 Å². The summed E-state index contributed by atoms with van der Waals surface area (Å²) in [5, 5.41) is 22.3. The van der Waals surface area contributed by atoms with E-state index in [1.165, 1.54) is 0 Å². The third kappa shape index (κ3) is 2.25. The molecule has 1 amide bonds. The molecule has 1 fully saturated rings. The zero-order valence-electron chi connectivity index (χ0n) is 16.1. The second-order valence-electron chi connectivity index (χ2n) is 8.26. The van der Waals surface area contributed by atoms with Gasteiger partial charge in [0.2, 0.25) is 5.91 Å². The average Bonchev–Trinajstić information content (AvgIpc) is 2.99. The molecule has 1 saturated carbocycles. The summed E-state index contributed by atoms with van der Waals surface area (Å²) in [4.78, 5) is 22.7. The summed E-state index contributed by atoms with van der Waals surface area (Å²) in [6.45, 7) is 6.07. The minimum absolute atomic E-state index is 0.00994. The minimum Gasteiger partial charge on any atom is -0.324 e. The lowest BCUT2D eigenvalue weighted by Crippen LogP contribution is -2.48. The van der Waals surface area contributed by atoms with Gasteiger partial charge in [0.05, 0.1) is 32.5 Å². The topological polar surface area (TPSA) is 102 Å². The van der Waals surface area contributed by atoms with E-state index in [4.69, 9.17) is 23.2 Å². The lowest BCUT2D eigenvalue weighted by Gasteiger charge is -2.39. The van der Waals surface area contributed by atoms with Crippen molar-refractivity contribution in [2.45, 2.75) is 44.4 Å². The van der Waals surface area contributed by atoms with Crippen LogP contribution in [0.5, 0.6) is 0 Å². The summed E-state index contributed by atoms with van der Waals surface area (Å²) in [5.74, 6) is -0.267. The molecule has 2 unspecified atom stereocenters. The van der Waals surface area contributed by atoms with E-state index in [2.05, 4.69) is 15.3 Å². The number of anilines is 1. The number of fused-ring (bicyclic) bond motifs is 5. The number of aromatic nitrogens is 2. The van der Waals surface area contributed by atoms with Crippen molar-refractivity contribution in [3.05, 3.63) is 51.0 Å². The van der Waals surface area contributed by atoms with Gasteiger partial charge in [0.25, 0.3) is 0 Å². The van der Waals surface area contributed by atoms with Gasteiger partial charge >= 0.3 is 0 Å². The van der Waals surface area contributed by atoms with E-state index >= 15 is 0 Å². The van der Waals surface area contributed by atoms with Gasteiger partial charge in [-0.15, -0.1) is 0 Å². The first-order valence-electron chi connectivity index (χ1n) is 9.12. The van der Waals surface area contributed by atoms with Gasteiger partial charge < -0.3 is 5.32 Å². The highest BCUT2D eigenvalue weighted by Crippen LogP contribution is 2.70. The molecule has 29 heavy (non-hydrogen) atoms. The standard InChI is InChI=1S/C21H17Cl2N5O/c1-19(2)20(3)7-8-21(19,17-16(20)26-13(9-24)14(10-25)27-17)18(29)28-12-6-4-5-11(22)15(12)23/h4-6H,7-8H2,1-3H3,(H,28,29). The Morgan fingerprint density at radius 3 is 2.31 bits per heavy atom. The van der Waals surface area contributed by atoms with Crippen molar-refractivity contribution in [3.8, 4) is 12.1 Å². The van der Waals surface area contributed by atoms with Gasteiger partial charge in [0.15, 0.2) is 11.4 Å². The van der Waals surface area contributed by atoms with Crippen LogP contribution >= 0.6 is 23.2 Å². The van der Waals surface area contributed by atoms with E-state index in [9.17, 15) is 15.3 Å². The number of carbonyl (C=O) groups is 1. The SMILES string of the molecule is CC12CCC(C(=O)Nc3cccc(Cl)c3Cl)(c3nc(C#N)c(C#N)nc31)C2(C)C. The van der Waals surface area contributed by atoms with Crippen molar-refractivity contribution in [2.24, 2.45) is 5.41 Å². The Kier molecular flexibility index (Phi) is 4.17. The molecule has 1 aromatic carbocycles. The van der Waals surface area contributed by atoms with Gasteiger partial charge in [-0.25, -0.2) is 9.97 Å². The number of rotatable bonds is 2. The van der Waals surface area contributed by atoms with Crippen LogP contribution in [0.25, 0.3) is 0 Å². The molecule has 0 saturated heterocycles. The Morgan fingerprint density at radius 1 is 1.07 bits per heavy atom. The average molecular weight is 426 g/mol. The molecule has 2 bridgehead atoms. The molecule has 1 aromatic heterocycles. The molecule has 8 heteroatoms. The predicted molar refractivity (Wildman–Crippen MR) is 109 cm³/mol. The van der Waals surface area contributed by atoms with E-state index in [-0.39, 0.29) is 22.3 Å². The molecular weight excluding hydrogens is 409 g/mol. The van der Waals surface area contributed by atoms with Crippen molar-refractivity contribution in [2.75, 3.05) is 5.32 Å². The van der Waals surface area contributed by atoms with Crippen LogP contribution in [-0.4, -0.2) is 15.9 Å². The van der Waals surface area contributed by atoms with Crippen molar-refractivity contribution >= 4 is 34.8 Å². The predicted octanol–water partition coefficient (Wildman–Crippen LogP) is 4.49. The number of nitrogens with one attached hydrogen (secondary N) is 1. The summed E-state index contributed by atoms with van der Waals surface area (Å²) in [6.07, 6.45) is 1.27. The van der Waals surface area contributed by atoms with Gasteiger partial charge in [-0.1, -0.05) is 50.0 Å². The quantitative estimate of drug-likeness (QED) is 0.762. The molecule has 0 radical (unpaired) electrons. The number of carbonyl (C=O) groups excluding carboxylic acids is 1. The Hall–Kier alpha value is -2.67. The fraction of sp³-hybridized carbons (Fsp3) is 0.381. The lowest BCUT2D eigenvalue weighted by molar-refractivity contribution is -0.125. The molecule has 0 spiro atoms. The van der Waals surface area contributed by atoms with Gasteiger partial charge in [0, 0.05) is 5.41 Å². The first-order chi connectivity index (χ1) is 13.6. The summed E-state index contributed by atoms with van der Waals surface area (Å²) in [6, 6.07) is 8.92. The molecule has 1 N–H and O–H groups in total. The van der Waals surface area contributed by atoms with Crippen molar-refractivity contribution in [1.82, 2.24) is 9.97 Å². The van der Waals surface area contributed by atoms with Crippen LogP contribution < -0.4 is 5.32 Å². The smallest absolute Gasteiger partial charge is 0.237 e. The van der Waals surface area contributed by atoms with E-state index < -0.39 is 16.2 Å². The Morgan fingerprint density at radius 2 is 1.69 bits per heavy atom. The van der Waals surface area contributed by atoms with Crippen LogP contribution in [0.1, 0.15) is 56.4 Å². The normalized spacial score (nSPS) is 25.8. The van der Waals surface area contributed by atoms with E-state index in [0.29, 0.717) is 28.5 Å². The van der Waals surface area contributed by atoms with Crippen LogP contribution in [0.2, 0.25) is 10.0 Å². The first-order valence-corrected chi connectivity index (χ1v) is 9.88.